The number of rotatable bonds is 3. The minimum atomic E-state index is -1.37. The first-order valence-electron chi connectivity index (χ1n) is 8.11. The van der Waals surface area contributed by atoms with E-state index in [2.05, 4.69) is 24.9 Å². The summed E-state index contributed by atoms with van der Waals surface area (Å²) in [5.74, 6) is -1.43. The summed E-state index contributed by atoms with van der Waals surface area (Å²) in [6.45, 7) is -0.493. The number of primary amides is 1. The molecule has 4 atom stereocenters. The van der Waals surface area contributed by atoms with Gasteiger partial charge in [0.15, 0.2) is 23.1 Å². The van der Waals surface area contributed by atoms with Gasteiger partial charge in [-0.25, -0.2) is 9.97 Å². The quantitative estimate of drug-likeness (QED) is 0.210. The zero-order chi connectivity index (χ0) is 21.3. The van der Waals surface area contributed by atoms with Crippen molar-refractivity contribution in [1.82, 2.24) is 29.5 Å². The predicted octanol–water partition coefficient (Wildman–Crippen LogP) is -3.47. The molecule has 10 N–H and O–H groups in total. The molecule has 4 heterocycles. The SMILES string of the molecule is NC(=O)c1ncn([C@@H]2O[C@H](CO)[C@@H](O)[C@H]2O)c1O.Nc1nc2nc[nH]c2c(=O)[nH]1. The second-order valence-electron chi connectivity index (χ2n) is 5.97. The van der Waals surface area contributed by atoms with Gasteiger partial charge in [-0.15, -0.1) is 0 Å². The number of hydrogen-bond donors (Lipinski definition) is 8. The Hall–Kier alpha value is -3.53. The summed E-state index contributed by atoms with van der Waals surface area (Å²) in [6.07, 6.45) is -2.37. The Morgan fingerprint density at radius 1 is 1.31 bits per heavy atom. The van der Waals surface area contributed by atoms with Crippen LogP contribution in [-0.4, -0.2) is 80.7 Å². The van der Waals surface area contributed by atoms with E-state index in [1.807, 2.05) is 0 Å². The van der Waals surface area contributed by atoms with Gasteiger partial charge in [0.1, 0.15) is 24.6 Å². The fourth-order valence-corrected chi connectivity index (χ4v) is 2.68. The standard InChI is InChI=1S/C9H13N3O6.C5H5N5O/c10-7(16)4-8(17)12(2-11-4)9-6(15)5(14)3(1-13)18-9;6-5-9-3-2(4(11)10-5)7-1-8-3/h2-3,5-6,9,13-15,17H,1H2,(H2,10,16);1H,(H4,6,7,8,9,10,11)/t3-,5-,6-,9-;/m1./s1. The summed E-state index contributed by atoms with van der Waals surface area (Å²) >= 11 is 0. The van der Waals surface area contributed by atoms with Crippen molar-refractivity contribution in [3.05, 3.63) is 28.7 Å². The predicted molar refractivity (Wildman–Crippen MR) is 94.3 cm³/mol. The number of nitrogens with one attached hydrogen (secondary N) is 2. The molecule has 1 fully saturated rings. The average Bonchev–Trinajstić information content (AvgIpc) is 3.35. The Morgan fingerprint density at radius 2 is 2.03 bits per heavy atom. The number of aromatic nitrogens is 6. The lowest BCUT2D eigenvalue weighted by Gasteiger charge is -2.16. The van der Waals surface area contributed by atoms with Crippen LogP contribution >= 0.6 is 0 Å². The van der Waals surface area contributed by atoms with Crippen LogP contribution in [0.5, 0.6) is 5.88 Å². The molecule has 0 aromatic carbocycles. The third kappa shape index (κ3) is 3.74. The van der Waals surface area contributed by atoms with Gasteiger partial charge in [0.25, 0.3) is 11.5 Å². The van der Waals surface area contributed by atoms with E-state index in [1.54, 1.807) is 0 Å². The maximum absolute atomic E-state index is 11.0. The van der Waals surface area contributed by atoms with E-state index in [9.17, 15) is 24.9 Å². The normalized spacial score (nSPS) is 23.7. The fourth-order valence-electron chi connectivity index (χ4n) is 2.68. The minimum absolute atomic E-state index is 0.0783. The number of ether oxygens (including phenoxy) is 1. The summed E-state index contributed by atoms with van der Waals surface area (Å²) in [5.41, 5.74) is 10.3. The summed E-state index contributed by atoms with van der Waals surface area (Å²) in [5, 5.41) is 37.9. The average molecular weight is 410 g/mol. The molecule has 3 aromatic rings. The summed E-state index contributed by atoms with van der Waals surface area (Å²) in [4.78, 5) is 38.0. The van der Waals surface area contributed by atoms with E-state index in [1.165, 1.54) is 6.33 Å². The molecule has 0 bridgehead atoms. The summed E-state index contributed by atoms with van der Waals surface area (Å²) < 4.78 is 6.12. The second-order valence-corrected chi connectivity index (χ2v) is 5.97. The van der Waals surface area contributed by atoms with Gasteiger partial charge in [0.05, 0.1) is 12.9 Å². The fraction of sp³-hybridized carbons (Fsp3) is 0.357. The molecular formula is C14H18N8O7. The highest BCUT2D eigenvalue weighted by atomic mass is 16.6. The van der Waals surface area contributed by atoms with Crippen LogP contribution in [0, 0.1) is 0 Å². The van der Waals surface area contributed by atoms with Crippen LogP contribution in [0.2, 0.25) is 0 Å². The van der Waals surface area contributed by atoms with Crippen molar-refractivity contribution < 1.29 is 30.0 Å². The lowest BCUT2D eigenvalue weighted by atomic mass is 10.1. The smallest absolute Gasteiger partial charge is 0.278 e. The third-order valence-electron chi connectivity index (χ3n) is 4.11. The Balaban J connectivity index is 0.000000186. The van der Waals surface area contributed by atoms with E-state index >= 15 is 0 Å². The molecule has 0 spiro atoms. The molecule has 3 aromatic heterocycles. The number of carbonyl (C=O) groups is 1. The van der Waals surface area contributed by atoms with Gasteiger partial charge in [0, 0.05) is 0 Å². The van der Waals surface area contributed by atoms with Crippen molar-refractivity contribution in [3.8, 4) is 5.88 Å². The van der Waals surface area contributed by atoms with Crippen molar-refractivity contribution in [2.75, 3.05) is 12.3 Å². The number of nitrogens with zero attached hydrogens (tertiary/aromatic N) is 4. The number of carbonyl (C=O) groups excluding carboxylic acids is 1. The number of aliphatic hydroxyl groups is 3. The highest BCUT2D eigenvalue weighted by Crippen LogP contribution is 2.32. The number of amides is 1. The van der Waals surface area contributed by atoms with Crippen LogP contribution < -0.4 is 17.0 Å². The Morgan fingerprint density at radius 3 is 2.62 bits per heavy atom. The van der Waals surface area contributed by atoms with E-state index in [4.69, 9.17) is 21.3 Å². The van der Waals surface area contributed by atoms with Crippen LogP contribution in [0.15, 0.2) is 17.4 Å². The molecule has 1 aliphatic rings. The molecule has 0 aliphatic carbocycles. The first-order chi connectivity index (χ1) is 13.7. The highest BCUT2D eigenvalue weighted by molar-refractivity contribution is 5.93. The maximum Gasteiger partial charge on any atom is 0.278 e. The van der Waals surface area contributed by atoms with Crippen LogP contribution in [0.25, 0.3) is 11.2 Å². The minimum Gasteiger partial charge on any atom is -0.493 e. The number of aromatic hydroxyl groups is 1. The first-order valence-corrected chi connectivity index (χ1v) is 8.11. The molecule has 156 valence electrons. The second kappa shape index (κ2) is 7.84. The first kappa shape index (κ1) is 20.2. The molecule has 15 nitrogen and oxygen atoms in total. The van der Waals surface area contributed by atoms with Crippen molar-refractivity contribution in [2.24, 2.45) is 5.73 Å². The lowest BCUT2D eigenvalue weighted by molar-refractivity contribution is -0.0553. The number of anilines is 1. The third-order valence-corrected chi connectivity index (χ3v) is 4.11. The Labute approximate surface area is 160 Å². The van der Waals surface area contributed by atoms with Gasteiger partial charge in [-0.2, -0.15) is 4.98 Å². The van der Waals surface area contributed by atoms with Gasteiger partial charge >= 0.3 is 0 Å². The number of nitrogen functional groups attached to an aromatic ring is 1. The molecule has 1 amide bonds. The molecule has 15 heteroatoms. The van der Waals surface area contributed by atoms with Crippen molar-refractivity contribution in [1.29, 1.82) is 0 Å². The van der Waals surface area contributed by atoms with Crippen LogP contribution in [0.3, 0.4) is 0 Å². The number of imidazole rings is 2. The van der Waals surface area contributed by atoms with Crippen LogP contribution in [0.1, 0.15) is 16.7 Å². The molecule has 4 rings (SSSR count). The number of hydrogen-bond acceptors (Lipinski definition) is 11. The van der Waals surface area contributed by atoms with E-state index in [-0.39, 0.29) is 17.2 Å². The summed E-state index contributed by atoms with van der Waals surface area (Å²) in [7, 11) is 0. The Bertz CT molecular complexity index is 1080. The molecule has 1 aliphatic heterocycles. The Kier molecular flexibility index (Phi) is 5.46. The molecule has 0 saturated carbocycles. The van der Waals surface area contributed by atoms with Crippen molar-refractivity contribution in [2.45, 2.75) is 24.5 Å². The number of aliphatic hydroxyl groups excluding tert-OH is 3. The van der Waals surface area contributed by atoms with Gasteiger partial charge < -0.3 is 41.6 Å². The molecule has 29 heavy (non-hydrogen) atoms. The zero-order valence-corrected chi connectivity index (χ0v) is 14.6. The van der Waals surface area contributed by atoms with Crippen molar-refractivity contribution >= 4 is 23.0 Å². The molecule has 0 unspecified atom stereocenters. The number of fused-ring (bicyclic) bond motifs is 1. The molecule has 1 saturated heterocycles. The van der Waals surface area contributed by atoms with E-state index in [0.717, 1.165) is 10.9 Å². The monoisotopic (exact) mass is 410 g/mol. The topological polar surface area (TPSA) is 252 Å². The molecular weight excluding hydrogens is 392 g/mol. The van der Waals surface area contributed by atoms with Gasteiger partial charge in [-0.3, -0.25) is 19.1 Å². The highest BCUT2D eigenvalue weighted by Gasteiger charge is 2.44. The number of aromatic amines is 2. The lowest BCUT2D eigenvalue weighted by Crippen LogP contribution is -2.33. The van der Waals surface area contributed by atoms with Crippen LogP contribution in [-0.2, 0) is 4.74 Å². The van der Waals surface area contributed by atoms with Gasteiger partial charge in [-0.05, 0) is 0 Å². The van der Waals surface area contributed by atoms with Crippen LogP contribution in [0.4, 0.5) is 5.95 Å². The number of H-pyrrole nitrogens is 2. The van der Waals surface area contributed by atoms with E-state index < -0.39 is 42.9 Å². The van der Waals surface area contributed by atoms with Gasteiger partial charge in [-0.1, -0.05) is 0 Å². The number of nitrogens with two attached hydrogens (primary N) is 2. The zero-order valence-electron chi connectivity index (χ0n) is 14.6. The van der Waals surface area contributed by atoms with E-state index in [0.29, 0.717) is 11.2 Å². The largest absolute Gasteiger partial charge is 0.493 e. The molecule has 0 radical (unpaired) electrons. The maximum atomic E-state index is 11.0. The summed E-state index contributed by atoms with van der Waals surface area (Å²) in [6, 6.07) is 0. The van der Waals surface area contributed by atoms with Crippen molar-refractivity contribution in [3.63, 3.8) is 0 Å². The van der Waals surface area contributed by atoms with Gasteiger partial charge in [0.2, 0.25) is 11.8 Å².